The average Bonchev–Trinajstić information content (AvgIpc) is 2.78. The molecule has 0 spiro atoms. The molecule has 1 heterocycles. The number of likely N-dealkylation sites (N-methyl/N-ethyl adjacent to an activating group) is 1. The summed E-state index contributed by atoms with van der Waals surface area (Å²) in [5.74, 6) is 0.0352. The SMILES string of the molecule is CCC(C)(NC)C(C)NC(=O)c1noc(CO)c1C. The van der Waals surface area contributed by atoms with Gasteiger partial charge in [-0.3, -0.25) is 4.79 Å². The van der Waals surface area contributed by atoms with E-state index in [1.807, 2.05) is 20.9 Å². The first-order valence-corrected chi connectivity index (χ1v) is 6.45. The van der Waals surface area contributed by atoms with Crippen LogP contribution in [0.4, 0.5) is 0 Å². The first-order valence-electron chi connectivity index (χ1n) is 6.45. The molecule has 0 aromatic carbocycles. The summed E-state index contributed by atoms with van der Waals surface area (Å²) in [4.78, 5) is 12.1. The first-order chi connectivity index (χ1) is 8.89. The average molecular weight is 269 g/mol. The van der Waals surface area contributed by atoms with Crippen LogP contribution in [0.1, 0.15) is 49.0 Å². The normalized spacial score (nSPS) is 15.9. The van der Waals surface area contributed by atoms with E-state index >= 15 is 0 Å². The maximum absolute atomic E-state index is 12.1. The minimum absolute atomic E-state index is 0.0660. The molecule has 108 valence electrons. The molecular weight excluding hydrogens is 246 g/mol. The van der Waals surface area contributed by atoms with E-state index in [0.717, 1.165) is 6.42 Å². The van der Waals surface area contributed by atoms with E-state index in [2.05, 4.69) is 22.7 Å². The predicted octanol–water partition coefficient (Wildman–Crippen LogP) is 0.982. The van der Waals surface area contributed by atoms with Crippen molar-refractivity contribution in [2.24, 2.45) is 0 Å². The summed E-state index contributed by atoms with van der Waals surface area (Å²) in [5, 5.41) is 18.9. The van der Waals surface area contributed by atoms with Crippen LogP contribution in [0.5, 0.6) is 0 Å². The molecule has 0 aliphatic rings. The van der Waals surface area contributed by atoms with Crippen LogP contribution in [0, 0.1) is 6.92 Å². The van der Waals surface area contributed by atoms with Crippen LogP contribution >= 0.6 is 0 Å². The minimum atomic E-state index is -0.289. The number of aliphatic hydroxyl groups is 1. The topological polar surface area (TPSA) is 87.4 Å². The highest BCUT2D eigenvalue weighted by molar-refractivity contribution is 5.93. The van der Waals surface area contributed by atoms with Gasteiger partial charge in [-0.15, -0.1) is 0 Å². The monoisotopic (exact) mass is 269 g/mol. The molecule has 6 nitrogen and oxygen atoms in total. The number of rotatable bonds is 6. The number of amides is 1. The molecule has 6 heteroatoms. The molecule has 3 N–H and O–H groups in total. The summed E-state index contributed by atoms with van der Waals surface area (Å²) < 4.78 is 4.91. The van der Waals surface area contributed by atoms with Gasteiger partial charge in [-0.2, -0.15) is 0 Å². The van der Waals surface area contributed by atoms with Gasteiger partial charge in [-0.05, 0) is 34.2 Å². The van der Waals surface area contributed by atoms with Crippen molar-refractivity contribution in [3.63, 3.8) is 0 Å². The quantitative estimate of drug-likeness (QED) is 0.716. The van der Waals surface area contributed by atoms with Crippen molar-refractivity contribution in [1.82, 2.24) is 15.8 Å². The lowest BCUT2D eigenvalue weighted by molar-refractivity contribution is 0.0903. The van der Waals surface area contributed by atoms with E-state index in [1.54, 1.807) is 6.92 Å². The van der Waals surface area contributed by atoms with Gasteiger partial charge in [-0.25, -0.2) is 0 Å². The Morgan fingerprint density at radius 2 is 2.21 bits per heavy atom. The van der Waals surface area contributed by atoms with Gasteiger partial charge in [-0.1, -0.05) is 12.1 Å². The minimum Gasteiger partial charge on any atom is -0.388 e. The van der Waals surface area contributed by atoms with Gasteiger partial charge in [0.2, 0.25) is 0 Å². The Bertz CT molecular complexity index is 438. The third kappa shape index (κ3) is 3.13. The number of hydrogen-bond acceptors (Lipinski definition) is 5. The molecule has 19 heavy (non-hydrogen) atoms. The lowest BCUT2D eigenvalue weighted by atomic mass is 9.90. The van der Waals surface area contributed by atoms with Crippen LogP contribution < -0.4 is 10.6 Å². The number of nitrogens with zero attached hydrogens (tertiary/aromatic N) is 1. The molecule has 0 bridgehead atoms. The number of nitrogens with one attached hydrogen (secondary N) is 2. The van der Waals surface area contributed by atoms with E-state index in [9.17, 15) is 4.79 Å². The Morgan fingerprint density at radius 1 is 1.58 bits per heavy atom. The van der Waals surface area contributed by atoms with Gasteiger partial charge in [0.25, 0.3) is 5.91 Å². The second-order valence-electron chi connectivity index (χ2n) is 4.95. The van der Waals surface area contributed by atoms with E-state index in [-0.39, 0.29) is 29.8 Å². The highest BCUT2D eigenvalue weighted by Gasteiger charge is 2.30. The molecule has 0 saturated carbocycles. The van der Waals surface area contributed by atoms with Gasteiger partial charge in [0.1, 0.15) is 6.61 Å². The number of aromatic nitrogens is 1. The second kappa shape index (κ2) is 6.16. The zero-order valence-corrected chi connectivity index (χ0v) is 12.2. The van der Waals surface area contributed by atoms with Gasteiger partial charge < -0.3 is 20.3 Å². The fourth-order valence-electron chi connectivity index (χ4n) is 1.85. The summed E-state index contributed by atoms with van der Waals surface area (Å²) in [6.07, 6.45) is 0.880. The largest absolute Gasteiger partial charge is 0.388 e. The molecule has 1 rings (SSSR count). The zero-order valence-electron chi connectivity index (χ0n) is 12.2. The molecule has 1 aromatic rings. The Labute approximate surface area is 113 Å². The summed E-state index contributed by atoms with van der Waals surface area (Å²) in [6.45, 7) is 7.50. The molecule has 0 saturated heterocycles. The number of hydrogen-bond donors (Lipinski definition) is 3. The van der Waals surface area contributed by atoms with Crippen LogP contribution in [-0.4, -0.2) is 34.8 Å². The standard InChI is InChI=1S/C13H23N3O3/c1-6-13(4,14-5)9(3)15-12(18)11-8(2)10(7-17)19-16-11/h9,14,17H,6-7H2,1-5H3,(H,15,18). The Balaban J connectivity index is 2.82. The van der Waals surface area contributed by atoms with E-state index in [4.69, 9.17) is 9.63 Å². The fourth-order valence-corrected chi connectivity index (χ4v) is 1.85. The number of carbonyl (C=O) groups is 1. The first kappa shape index (κ1) is 15.7. The third-order valence-corrected chi connectivity index (χ3v) is 3.99. The fraction of sp³-hybridized carbons (Fsp3) is 0.692. The van der Waals surface area contributed by atoms with E-state index in [0.29, 0.717) is 11.3 Å². The molecular formula is C13H23N3O3. The van der Waals surface area contributed by atoms with Crippen molar-refractivity contribution in [2.45, 2.75) is 52.3 Å². The maximum atomic E-state index is 12.1. The molecule has 0 fully saturated rings. The van der Waals surface area contributed by atoms with Gasteiger partial charge in [0.05, 0.1) is 0 Å². The molecule has 0 aliphatic heterocycles. The lowest BCUT2D eigenvalue weighted by Crippen LogP contribution is -2.56. The third-order valence-electron chi connectivity index (χ3n) is 3.99. The molecule has 2 atom stereocenters. The van der Waals surface area contributed by atoms with Crippen LogP contribution in [0.3, 0.4) is 0 Å². The van der Waals surface area contributed by atoms with E-state index in [1.165, 1.54) is 0 Å². The molecule has 1 aromatic heterocycles. The molecule has 1 amide bonds. The van der Waals surface area contributed by atoms with Crippen LogP contribution in [0.2, 0.25) is 0 Å². The van der Waals surface area contributed by atoms with Crippen molar-refractivity contribution in [2.75, 3.05) is 7.05 Å². The number of carbonyl (C=O) groups excluding carboxylic acids is 1. The Morgan fingerprint density at radius 3 is 2.63 bits per heavy atom. The predicted molar refractivity (Wildman–Crippen MR) is 71.8 cm³/mol. The van der Waals surface area contributed by atoms with Gasteiger partial charge in [0, 0.05) is 17.1 Å². The van der Waals surface area contributed by atoms with Crippen molar-refractivity contribution < 1.29 is 14.4 Å². The van der Waals surface area contributed by atoms with E-state index < -0.39 is 0 Å². The summed E-state index contributed by atoms with van der Waals surface area (Å²) in [7, 11) is 1.87. The molecule has 0 radical (unpaired) electrons. The highest BCUT2D eigenvalue weighted by atomic mass is 16.5. The summed E-state index contributed by atoms with van der Waals surface area (Å²) in [5.41, 5.74) is 0.618. The smallest absolute Gasteiger partial charge is 0.274 e. The van der Waals surface area contributed by atoms with Crippen molar-refractivity contribution in [3.8, 4) is 0 Å². The second-order valence-corrected chi connectivity index (χ2v) is 4.95. The van der Waals surface area contributed by atoms with Crippen LogP contribution in [-0.2, 0) is 6.61 Å². The van der Waals surface area contributed by atoms with Gasteiger partial charge in [0.15, 0.2) is 11.5 Å². The van der Waals surface area contributed by atoms with Crippen LogP contribution in [0.25, 0.3) is 0 Å². The Hall–Kier alpha value is -1.40. The van der Waals surface area contributed by atoms with Crippen molar-refractivity contribution >= 4 is 5.91 Å². The van der Waals surface area contributed by atoms with Crippen LogP contribution in [0.15, 0.2) is 4.52 Å². The summed E-state index contributed by atoms with van der Waals surface area (Å²) >= 11 is 0. The Kier molecular flexibility index (Phi) is 5.08. The maximum Gasteiger partial charge on any atom is 0.274 e. The van der Waals surface area contributed by atoms with Gasteiger partial charge >= 0.3 is 0 Å². The molecule has 0 aliphatic carbocycles. The summed E-state index contributed by atoms with van der Waals surface area (Å²) in [6, 6.07) is -0.0660. The lowest BCUT2D eigenvalue weighted by Gasteiger charge is -2.34. The van der Waals surface area contributed by atoms with Crippen molar-refractivity contribution in [1.29, 1.82) is 0 Å². The molecule has 2 unspecified atom stereocenters. The highest BCUT2D eigenvalue weighted by Crippen LogP contribution is 2.16. The number of aliphatic hydroxyl groups excluding tert-OH is 1. The van der Waals surface area contributed by atoms with Crippen molar-refractivity contribution in [3.05, 3.63) is 17.0 Å². The zero-order chi connectivity index (χ0) is 14.6.